The molecule has 2 saturated carbocycles. The lowest BCUT2D eigenvalue weighted by Gasteiger charge is -2.10. The van der Waals surface area contributed by atoms with Gasteiger partial charge in [-0.25, -0.2) is 0 Å². The van der Waals surface area contributed by atoms with Crippen LogP contribution in [0.2, 0.25) is 0 Å². The van der Waals surface area contributed by atoms with Crippen molar-refractivity contribution in [3.05, 3.63) is 82.4 Å². The van der Waals surface area contributed by atoms with Crippen molar-refractivity contribution in [2.75, 3.05) is 0 Å². The van der Waals surface area contributed by atoms with Crippen molar-refractivity contribution in [1.82, 2.24) is 5.32 Å². The monoisotopic (exact) mass is 433 g/mol. The Balaban J connectivity index is 1.18. The molecule has 2 aliphatic carbocycles. The molecule has 0 radical (unpaired) electrons. The molecule has 4 heteroatoms. The molecule has 7 rings (SSSR count). The summed E-state index contributed by atoms with van der Waals surface area (Å²) in [4.78, 5) is 0. The van der Waals surface area contributed by atoms with Crippen molar-refractivity contribution in [1.29, 1.82) is 5.41 Å². The molecule has 4 N–H and O–H groups in total. The SMILES string of the molecule is N=C(N)c1ccc(CNCc2ccc3c(c2)c2oc3c3cc(C4CC4)c(C4CC4)cc32)cc1. The number of fused-ring (bicyclic) bond motifs is 8. The fourth-order valence-electron chi connectivity index (χ4n) is 5.36. The van der Waals surface area contributed by atoms with Crippen molar-refractivity contribution in [2.24, 2.45) is 5.73 Å². The molecule has 33 heavy (non-hydrogen) atoms. The Labute approximate surface area is 192 Å². The van der Waals surface area contributed by atoms with Crippen LogP contribution in [-0.4, -0.2) is 5.84 Å². The smallest absolute Gasteiger partial charge is 0.143 e. The van der Waals surface area contributed by atoms with Gasteiger partial charge >= 0.3 is 0 Å². The zero-order valence-electron chi connectivity index (χ0n) is 18.6. The fraction of sp³-hybridized carbons (Fsp3) is 0.276. The summed E-state index contributed by atoms with van der Waals surface area (Å²) in [5, 5.41) is 16.1. The Hall–Kier alpha value is -3.37. The minimum Gasteiger partial charge on any atom is -0.455 e. The summed E-state index contributed by atoms with van der Waals surface area (Å²) >= 11 is 0. The third kappa shape index (κ3) is 3.20. The first kappa shape index (κ1) is 19.1. The molecule has 4 nitrogen and oxygen atoms in total. The van der Waals surface area contributed by atoms with E-state index in [0.29, 0.717) is 0 Å². The lowest BCUT2D eigenvalue weighted by molar-refractivity contribution is 0.682. The zero-order valence-corrected chi connectivity index (χ0v) is 18.6. The largest absolute Gasteiger partial charge is 0.455 e. The van der Waals surface area contributed by atoms with Gasteiger partial charge in [0, 0.05) is 40.2 Å². The lowest BCUT2D eigenvalue weighted by Crippen LogP contribution is -2.14. The number of nitrogens with two attached hydrogens (primary N) is 1. The number of hydrogen-bond donors (Lipinski definition) is 3. The first-order valence-electron chi connectivity index (χ1n) is 12.0. The van der Waals surface area contributed by atoms with Crippen LogP contribution in [0.15, 0.2) is 59.0 Å². The molecule has 0 saturated heterocycles. The highest BCUT2D eigenvalue weighted by atomic mass is 16.3. The summed E-state index contributed by atoms with van der Waals surface area (Å²) in [6.07, 6.45) is 5.38. The van der Waals surface area contributed by atoms with Gasteiger partial charge < -0.3 is 15.5 Å². The average Bonchev–Trinajstić information content (AvgIpc) is 3.76. The summed E-state index contributed by atoms with van der Waals surface area (Å²) < 4.78 is 6.37. The molecule has 0 spiro atoms. The van der Waals surface area contributed by atoms with Crippen LogP contribution in [0.3, 0.4) is 0 Å². The summed E-state index contributed by atoms with van der Waals surface area (Å²) in [5.74, 6) is 1.66. The third-order valence-electron chi connectivity index (χ3n) is 7.45. The lowest BCUT2D eigenvalue weighted by atomic mass is 9.93. The molecule has 164 valence electrons. The van der Waals surface area contributed by atoms with Crippen LogP contribution in [0.1, 0.15) is 65.3 Å². The second-order valence-electron chi connectivity index (χ2n) is 9.93. The van der Waals surface area contributed by atoms with Gasteiger partial charge in [-0.05, 0) is 78.0 Å². The Morgan fingerprint density at radius 1 is 0.758 bits per heavy atom. The zero-order chi connectivity index (χ0) is 22.1. The van der Waals surface area contributed by atoms with Crippen molar-refractivity contribution in [3.63, 3.8) is 0 Å². The molecule has 0 aliphatic heterocycles. The predicted octanol–water partition coefficient (Wildman–Crippen LogP) is 6.51. The van der Waals surface area contributed by atoms with Crippen molar-refractivity contribution in [3.8, 4) is 0 Å². The highest BCUT2D eigenvalue weighted by Gasteiger charge is 2.34. The van der Waals surface area contributed by atoms with Gasteiger partial charge in [0.2, 0.25) is 0 Å². The summed E-state index contributed by atoms with van der Waals surface area (Å²) in [5.41, 5.74) is 14.1. The van der Waals surface area contributed by atoms with E-state index in [0.717, 1.165) is 41.7 Å². The number of rotatable bonds is 7. The molecule has 2 fully saturated rings. The molecule has 2 heterocycles. The topological polar surface area (TPSA) is 75.0 Å². The van der Waals surface area contributed by atoms with E-state index >= 15 is 0 Å². The van der Waals surface area contributed by atoms with Crippen molar-refractivity contribution in [2.45, 2.75) is 50.6 Å². The third-order valence-corrected chi connectivity index (χ3v) is 7.45. The normalized spacial score (nSPS) is 16.4. The molecule has 2 bridgehead atoms. The Morgan fingerprint density at radius 2 is 1.30 bits per heavy atom. The average molecular weight is 434 g/mol. The summed E-state index contributed by atoms with van der Waals surface area (Å²) in [7, 11) is 0. The van der Waals surface area contributed by atoms with Gasteiger partial charge in [0.25, 0.3) is 0 Å². The Morgan fingerprint density at radius 3 is 1.91 bits per heavy atom. The van der Waals surface area contributed by atoms with E-state index in [2.05, 4.69) is 35.6 Å². The molecule has 0 amide bonds. The quantitative estimate of drug-likeness (QED) is 0.156. The molecule has 3 aromatic carbocycles. The van der Waals surface area contributed by atoms with Gasteiger partial charge in [-0.15, -0.1) is 0 Å². The number of amidine groups is 1. The molecule has 0 unspecified atom stereocenters. The van der Waals surface area contributed by atoms with E-state index in [9.17, 15) is 0 Å². The van der Waals surface area contributed by atoms with Crippen LogP contribution >= 0.6 is 0 Å². The minimum atomic E-state index is 0.106. The van der Waals surface area contributed by atoms with Gasteiger partial charge in [-0.1, -0.05) is 36.4 Å². The maximum atomic E-state index is 7.51. The molecule has 2 aromatic heterocycles. The van der Waals surface area contributed by atoms with Crippen LogP contribution in [0.4, 0.5) is 0 Å². The highest BCUT2D eigenvalue weighted by molar-refractivity contribution is 6.25. The van der Waals surface area contributed by atoms with E-state index in [1.807, 2.05) is 24.3 Å². The van der Waals surface area contributed by atoms with Gasteiger partial charge in [0.1, 0.15) is 17.0 Å². The van der Waals surface area contributed by atoms with Gasteiger partial charge in [-0.2, -0.15) is 0 Å². The number of hydrogen-bond acceptors (Lipinski definition) is 3. The summed E-state index contributed by atoms with van der Waals surface area (Å²) in [6, 6.07) is 19.5. The number of furan rings is 2. The maximum absolute atomic E-state index is 7.51. The Bertz CT molecular complexity index is 1520. The molecule has 0 atom stereocenters. The second-order valence-corrected chi connectivity index (χ2v) is 9.93. The minimum absolute atomic E-state index is 0.106. The second kappa shape index (κ2) is 7.06. The number of nitrogens with one attached hydrogen (secondary N) is 2. The standard InChI is InChI=1S/C29H27N3O/c30-29(31)20-4-1-16(2-5-20)14-32-15-17-3-10-21-24(11-17)28-26-13-23(19-8-9-19)22(18-6-7-18)12-25(26)27(21)33-28/h1-5,10-13,18-19,32H,6-9,14-15H2,(H3,30,31). The molecule has 2 aliphatic rings. The first-order valence-corrected chi connectivity index (χ1v) is 12.0. The van der Waals surface area contributed by atoms with E-state index in [4.69, 9.17) is 15.6 Å². The van der Waals surface area contributed by atoms with Crippen LogP contribution in [0.5, 0.6) is 0 Å². The molecule has 5 aromatic rings. The van der Waals surface area contributed by atoms with Crippen molar-refractivity contribution < 1.29 is 4.42 Å². The van der Waals surface area contributed by atoms with Gasteiger partial charge in [-0.3, -0.25) is 5.41 Å². The van der Waals surface area contributed by atoms with E-state index in [-0.39, 0.29) is 5.84 Å². The van der Waals surface area contributed by atoms with Gasteiger partial charge in [0.15, 0.2) is 0 Å². The fourth-order valence-corrected chi connectivity index (χ4v) is 5.36. The van der Waals surface area contributed by atoms with Crippen LogP contribution in [-0.2, 0) is 13.1 Å². The van der Waals surface area contributed by atoms with E-state index in [1.54, 1.807) is 11.1 Å². The van der Waals surface area contributed by atoms with Crippen molar-refractivity contribution >= 4 is 38.5 Å². The molecular weight excluding hydrogens is 406 g/mol. The first-order chi connectivity index (χ1) is 16.2. The number of nitrogen functional groups attached to an aromatic ring is 1. The van der Waals surface area contributed by atoms with E-state index in [1.165, 1.54) is 58.4 Å². The van der Waals surface area contributed by atoms with E-state index < -0.39 is 0 Å². The Kier molecular flexibility index (Phi) is 4.09. The number of benzene rings is 4. The predicted molar refractivity (Wildman–Crippen MR) is 134 cm³/mol. The molecular formula is C29H27N3O. The van der Waals surface area contributed by atoms with Gasteiger partial charge in [0.05, 0.1) is 0 Å². The highest BCUT2D eigenvalue weighted by Crippen LogP contribution is 2.52. The van der Waals surface area contributed by atoms with Crippen LogP contribution in [0, 0.1) is 5.41 Å². The van der Waals surface area contributed by atoms with Crippen LogP contribution in [0.25, 0.3) is 32.7 Å². The summed E-state index contributed by atoms with van der Waals surface area (Å²) in [6.45, 7) is 1.57. The maximum Gasteiger partial charge on any atom is 0.143 e. The van der Waals surface area contributed by atoms with Crippen LogP contribution < -0.4 is 11.1 Å².